The van der Waals surface area contributed by atoms with Crippen LogP contribution in [0.25, 0.3) is 0 Å². The number of halogens is 2. The van der Waals surface area contributed by atoms with Crippen LogP contribution in [0.15, 0.2) is 21.3 Å². The fourth-order valence-electron chi connectivity index (χ4n) is 0.891. The summed E-state index contributed by atoms with van der Waals surface area (Å²) in [7, 11) is 0. The maximum atomic E-state index is 11.0. The highest BCUT2D eigenvalue weighted by molar-refractivity contribution is 9.13. The second kappa shape index (κ2) is 4.30. The number of ketones is 1. The van der Waals surface area contributed by atoms with Gasteiger partial charge in [-0.1, -0.05) is 0 Å². The van der Waals surface area contributed by atoms with Crippen LogP contribution in [0.3, 0.4) is 0 Å². The molecular weight excluding hydrogens is 300 g/mol. The van der Waals surface area contributed by atoms with Gasteiger partial charge in [0.1, 0.15) is 4.60 Å². The number of nitrogens with zero attached hydrogens (tertiary/aromatic N) is 1. The van der Waals surface area contributed by atoms with Gasteiger partial charge in [0.25, 0.3) is 0 Å². The molecule has 1 rings (SSSR count). The molecule has 1 heterocycles. The van der Waals surface area contributed by atoms with E-state index in [9.17, 15) is 4.79 Å². The van der Waals surface area contributed by atoms with Gasteiger partial charge < -0.3 is 5.73 Å². The molecule has 2 N–H and O–H groups in total. The van der Waals surface area contributed by atoms with E-state index in [4.69, 9.17) is 5.73 Å². The van der Waals surface area contributed by atoms with Gasteiger partial charge in [-0.05, 0) is 50.4 Å². The van der Waals surface area contributed by atoms with Crippen molar-refractivity contribution in [2.75, 3.05) is 0 Å². The van der Waals surface area contributed by atoms with E-state index in [0.717, 1.165) is 10.0 Å². The van der Waals surface area contributed by atoms with Crippen LogP contribution in [-0.2, 0) is 4.79 Å². The van der Waals surface area contributed by atoms with Crippen molar-refractivity contribution in [2.24, 2.45) is 5.73 Å². The van der Waals surface area contributed by atoms with E-state index >= 15 is 0 Å². The lowest BCUT2D eigenvalue weighted by molar-refractivity contribution is -0.118. The Balaban J connectivity index is 3.15. The monoisotopic (exact) mass is 306 g/mol. The molecule has 1 aromatic heterocycles. The van der Waals surface area contributed by atoms with Crippen LogP contribution in [-0.4, -0.2) is 10.8 Å². The lowest BCUT2D eigenvalue weighted by Crippen LogP contribution is -2.19. The molecule has 0 spiro atoms. The average Bonchev–Trinajstić information content (AvgIpc) is 2.08. The Morgan fingerprint density at radius 3 is 2.77 bits per heavy atom. The fraction of sp³-hybridized carbons (Fsp3) is 0.250. The highest BCUT2D eigenvalue weighted by Crippen LogP contribution is 2.28. The molecule has 0 aromatic carbocycles. The van der Waals surface area contributed by atoms with Crippen molar-refractivity contribution >= 4 is 37.6 Å². The molecule has 0 aliphatic rings. The third-order valence-corrected chi connectivity index (χ3v) is 3.62. The molecule has 0 saturated carbocycles. The zero-order chi connectivity index (χ0) is 10.0. The predicted molar refractivity (Wildman–Crippen MR) is 57.2 cm³/mol. The molecule has 1 unspecified atom stereocenters. The average molecular weight is 308 g/mol. The Morgan fingerprint density at radius 1 is 1.62 bits per heavy atom. The molecule has 0 saturated heterocycles. The lowest BCUT2D eigenvalue weighted by Gasteiger charge is -2.10. The van der Waals surface area contributed by atoms with Gasteiger partial charge in [0.05, 0.1) is 10.5 Å². The van der Waals surface area contributed by atoms with Crippen LogP contribution in [0.5, 0.6) is 0 Å². The van der Waals surface area contributed by atoms with Crippen LogP contribution in [0.4, 0.5) is 0 Å². The van der Waals surface area contributed by atoms with Crippen LogP contribution < -0.4 is 5.73 Å². The highest BCUT2D eigenvalue weighted by atomic mass is 79.9. The molecular formula is C8H8Br2N2O. The van der Waals surface area contributed by atoms with Gasteiger partial charge in [0, 0.05) is 6.20 Å². The third kappa shape index (κ3) is 2.36. The summed E-state index contributed by atoms with van der Waals surface area (Å²) in [5.74, 6) is -0.0706. The first kappa shape index (κ1) is 10.8. The summed E-state index contributed by atoms with van der Waals surface area (Å²) in [4.78, 5) is 15.0. The molecule has 0 fully saturated rings. The molecule has 70 valence electrons. The van der Waals surface area contributed by atoms with E-state index in [0.29, 0.717) is 4.60 Å². The second-order valence-electron chi connectivity index (χ2n) is 2.59. The van der Waals surface area contributed by atoms with E-state index in [-0.39, 0.29) is 5.78 Å². The Morgan fingerprint density at radius 2 is 2.23 bits per heavy atom. The summed E-state index contributed by atoms with van der Waals surface area (Å²) in [6, 6.07) is 1.13. The van der Waals surface area contributed by atoms with E-state index in [1.807, 2.05) is 0 Å². The number of hydrogen-bond acceptors (Lipinski definition) is 3. The van der Waals surface area contributed by atoms with E-state index < -0.39 is 6.04 Å². The van der Waals surface area contributed by atoms with E-state index in [2.05, 4.69) is 36.8 Å². The number of hydrogen-bond donors (Lipinski definition) is 1. The first-order valence-corrected chi connectivity index (χ1v) is 5.18. The van der Waals surface area contributed by atoms with E-state index in [1.54, 1.807) is 12.3 Å². The van der Waals surface area contributed by atoms with Gasteiger partial charge >= 0.3 is 0 Å². The predicted octanol–water partition coefficient (Wildman–Crippen LogP) is 2.20. The van der Waals surface area contributed by atoms with Crippen molar-refractivity contribution in [2.45, 2.75) is 13.0 Å². The molecule has 0 amide bonds. The van der Waals surface area contributed by atoms with Crippen LogP contribution in [0.2, 0.25) is 0 Å². The minimum Gasteiger partial charge on any atom is -0.318 e. The smallest absolute Gasteiger partial charge is 0.151 e. The van der Waals surface area contributed by atoms with Gasteiger partial charge in [-0.25, -0.2) is 4.98 Å². The van der Waals surface area contributed by atoms with E-state index in [1.165, 1.54) is 6.92 Å². The number of carbonyl (C=O) groups is 1. The van der Waals surface area contributed by atoms with Gasteiger partial charge in [0.2, 0.25) is 0 Å². The summed E-state index contributed by atoms with van der Waals surface area (Å²) in [5.41, 5.74) is 6.42. The Kier molecular flexibility index (Phi) is 3.58. The summed E-state index contributed by atoms with van der Waals surface area (Å²) in [6.45, 7) is 1.46. The summed E-state index contributed by atoms with van der Waals surface area (Å²) < 4.78 is 1.39. The zero-order valence-corrected chi connectivity index (χ0v) is 10.1. The summed E-state index contributed by atoms with van der Waals surface area (Å²) in [6.07, 6.45) is 1.60. The highest BCUT2D eigenvalue weighted by Gasteiger charge is 2.15. The van der Waals surface area contributed by atoms with Crippen LogP contribution >= 0.6 is 31.9 Å². The molecule has 0 aliphatic heterocycles. The minimum absolute atomic E-state index is 0.0706. The van der Waals surface area contributed by atoms with Gasteiger partial charge in [-0.2, -0.15) is 0 Å². The minimum atomic E-state index is -0.589. The van der Waals surface area contributed by atoms with Crippen molar-refractivity contribution < 1.29 is 4.79 Å². The number of Topliss-reactive ketones (excluding diaryl/α,β-unsaturated/α-hetero) is 1. The Bertz CT molecular complexity index is 341. The number of carbonyl (C=O) groups excluding carboxylic acids is 1. The summed E-state index contributed by atoms with van der Waals surface area (Å²) >= 11 is 6.55. The SMILES string of the molecule is CC(=O)C(N)c1ccnc(Br)c1Br. The normalized spacial score (nSPS) is 12.6. The number of aromatic nitrogens is 1. The van der Waals surface area contributed by atoms with Crippen LogP contribution in [0.1, 0.15) is 18.5 Å². The van der Waals surface area contributed by atoms with Crippen molar-refractivity contribution in [1.29, 1.82) is 0 Å². The molecule has 3 nitrogen and oxygen atoms in total. The van der Waals surface area contributed by atoms with Gasteiger partial charge in [-0.15, -0.1) is 0 Å². The van der Waals surface area contributed by atoms with Gasteiger partial charge in [-0.3, -0.25) is 4.79 Å². The molecule has 1 aromatic rings. The fourth-order valence-corrected chi connectivity index (χ4v) is 1.72. The first-order chi connectivity index (χ1) is 6.04. The first-order valence-electron chi connectivity index (χ1n) is 3.60. The lowest BCUT2D eigenvalue weighted by atomic mass is 10.1. The quantitative estimate of drug-likeness (QED) is 0.852. The van der Waals surface area contributed by atoms with Crippen molar-refractivity contribution in [3.8, 4) is 0 Å². The van der Waals surface area contributed by atoms with Crippen LogP contribution in [0, 0.1) is 0 Å². The third-order valence-electron chi connectivity index (χ3n) is 1.65. The zero-order valence-electron chi connectivity index (χ0n) is 6.92. The number of pyridine rings is 1. The van der Waals surface area contributed by atoms with Gasteiger partial charge in [0.15, 0.2) is 5.78 Å². The number of nitrogens with two attached hydrogens (primary N) is 1. The summed E-state index contributed by atoms with van der Waals surface area (Å²) in [5, 5.41) is 0. The van der Waals surface area contributed by atoms with Crippen molar-refractivity contribution in [3.63, 3.8) is 0 Å². The molecule has 5 heteroatoms. The second-order valence-corrected chi connectivity index (χ2v) is 4.14. The standard InChI is InChI=1S/C8H8Br2N2O/c1-4(13)7(11)5-2-3-12-8(10)6(5)9/h2-3,7H,11H2,1H3. The number of rotatable bonds is 2. The Hall–Kier alpha value is -0.260. The molecule has 0 bridgehead atoms. The maximum Gasteiger partial charge on any atom is 0.151 e. The maximum absolute atomic E-state index is 11.0. The van der Waals surface area contributed by atoms with Crippen molar-refractivity contribution in [1.82, 2.24) is 4.98 Å². The molecule has 0 radical (unpaired) electrons. The molecule has 1 atom stereocenters. The molecule has 13 heavy (non-hydrogen) atoms. The topological polar surface area (TPSA) is 56.0 Å². The van der Waals surface area contributed by atoms with Crippen molar-refractivity contribution in [3.05, 3.63) is 26.9 Å². The Labute approximate surface area is 93.0 Å². The molecule has 0 aliphatic carbocycles. The largest absolute Gasteiger partial charge is 0.318 e.